The fraction of sp³-hybridized carbons (Fsp3) is 0.182. The molecule has 0 radical (unpaired) electrons. The first-order valence-electron chi connectivity index (χ1n) is 24.0. The number of hydrogen-bond acceptors (Lipinski definition) is 10. The van der Waals surface area contributed by atoms with Gasteiger partial charge in [0.2, 0.25) is 0 Å². The van der Waals surface area contributed by atoms with E-state index in [1.54, 1.807) is 36.4 Å². The van der Waals surface area contributed by atoms with Crippen LogP contribution in [-0.4, -0.2) is 87.1 Å². The normalized spacial score (nSPS) is 12.6. The number of rotatable bonds is 17. The molecule has 0 unspecified atom stereocenters. The van der Waals surface area contributed by atoms with E-state index >= 15 is 0 Å². The van der Waals surface area contributed by atoms with Gasteiger partial charge < -0.3 is 33.9 Å². The van der Waals surface area contributed by atoms with Gasteiger partial charge >= 0.3 is 14.8 Å². The number of nitrogens with one attached hydrogen (secondary N) is 4. The molecule has 2 amide bonds. The number of aryl methyl sites for hydroxylation is 1. The van der Waals surface area contributed by atoms with Crippen molar-refractivity contribution in [1.29, 1.82) is 0 Å². The quantitative estimate of drug-likeness (QED) is 0.0284. The first kappa shape index (κ1) is 51.6. The lowest BCUT2D eigenvalue weighted by atomic mass is 10.0. The smallest absolute Gasteiger partial charge is 0.374 e. The predicted molar refractivity (Wildman–Crippen MR) is 292 cm³/mol. The number of fused-ring (bicyclic) bond motifs is 8. The largest absolute Gasteiger partial charge is 0.500 e. The van der Waals surface area contributed by atoms with Gasteiger partial charge in [0.1, 0.15) is 0 Å². The highest BCUT2D eigenvalue weighted by Gasteiger charge is 2.39. The van der Waals surface area contributed by atoms with Gasteiger partial charge in [-0.1, -0.05) is 66.2 Å². The third-order valence-corrected chi connectivity index (χ3v) is 17.3. The van der Waals surface area contributed by atoms with Crippen LogP contribution in [0.1, 0.15) is 55.5 Å². The van der Waals surface area contributed by atoms with Crippen molar-refractivity contribution in [2.24, 2.45) is 0 Å². The van der Waals surface area contributed by atoms with E-state index in [1.807, 2.05) is 113 Å². The predicted octanol–water partition coefficient (Wildman–Crippen LogP) is 11.7. The first-order valence-corrected chi connectivity index (χ1v) is 28.8. The van der Waals surface area contributed by atoms with Crippen molar-refractivity contribution < 1.29 is 44.0 Å². The van der Waals surface area contributed by atoms with Crippen LogP contribution in [0.3, 0.4) is 0 Å². The molecule has 2 aliphatic rings. The van der Waals surface area contributed by atoms with E-state index in [9.17, 15) is 30.7 Å². The van der Waals surface area contributed by atoms with Gasteiger partial charge in [-0.05, 0) is 141 Å². The maximum atomic E-state index is 13.2. The highest BCUT2D eigenvalue weighted by Crippen LogP contribution is 2.39. The van der Waals surface area contributed by atoms with Crippen molar-refractivity contribution in [2.75, 3.05) is 31.7 Å². The maximum absolute atomic E-state index is 13.2. The summed E-state index contributed by atoms with van der Waals surface area (Å²) in [5.74, 6) is 0. The number of carbonyl (C=O) groups excluding carboxylic acids is 1. The Morgan fingerprint density at radius 1 is 0.527 bits per heavy atom. The molecule has 0 fully saturated rings. The second-order valence-electron chi connectivity index (χ2n) is 17.4. The zero-order valence-corrected chi connectivity index (χ0v) is 43.6. The summed E-state index contributed by atoms with van der Waals surface area (Å²) in [5, 5.41) is 5.85. The highest BCUT2D eigenvalue weighted by atomic mass is 32.2. The SMILES string of the molecule is CCO[Si](CCCNC(=O)Nc1ccc(-c2c3nc(c(-c4ccc(S(=O)(=O)O)cc4)c4ccc([nH]4)c(-c4ccc(C)cc4)c4nc(c(-c5ccc(S(=O)(=O)O)cc5)c5ccc2[nH]5)C=C4)C=C3)cc1)(OCC)OCC. The highest BCUT2D eigenvalue weighted by molar-refractivity contribution is 7.86. The van der Waals surface area contributed by atoms with Crippen molar-refractivity contribution in [2.45, 2.75) is 50.0 Å². The summed E-state index contributed by atoms with van der Waals surface area (Å²) in [4.78, 5) is 30.5. The van der Waals surface area contributed by atoms with Crippen molar-refractivity contribution in [3.63, 3.8) is 0 Å². The lowest BCUT2D eigenvalue weighted by molar-refractivity contribution is 0.0708. The summed E-state index contributed by atoms with van der Waals surface area (Å²) in [5.41, 5.74) is 12.3. The molecule has 16 nitrogen and oxygen atoms in total. The van der Waals surface area contributed by atoms with E-state index in [2.05, 4.69) is 20.6 Å². The number of aromatic nitrogens is 4. The van der Waals surface area contributed by atoms with Crippen molar-refractivity contribution in [3.05, 3.63) is 150 Å². The molecule has 6 N–H and O–H groups in total. The second kappa shape index (κ2) is 21.6. The third kappa shape index (κ3) is 11.2. The summed E-state index contributed by atoms with van der Waals surface area (Å²) in [6, 6.07) is 35.2. The molecular weight excluding hydrogens is 997 g/mol. The lowest BCUT2D eigenvalue weighted by Crippen LogP contribution is -2.46. The van der Waals surface area contributed by atoms with E-state index in [0.29, 0.717) is 112 Å². The summed E-state index contributed by atoms with van der Waals surface area (Å²) < 4.78 is 86.3. The van der Waals surface area contributed by atoms with Crippen LogP contribution >= 0.6 is 0 Å². The number of hydrogen-bond donors (Lipinski definition) is 6. The molecule has 0 spiro atoms. The lowest BCUT2D eigenvalue weighted by Gasteiger charge is -2.28. The van der Waals surface area contributed by atoms with Crippen LogP contribution in [0.2, 0.25) is 6.04 Å². The van der Waals surface area contributed by atoms with Crippen LogP contribution in [0, 0.1) is 6.92 Å². The van der Waals surface area contributed by atoms with Crippen LogP contribution in [-0.2, 0) is 33.5 Å². The van der Waals surface area contributed by atoms with Gasteiger partial charge in [0.05, 0.1) is 32.6 Å². The zero-order valence-electron chi connectivity index (χ0n) is 41.0. The Bertz CT molecular complexity index is 3620. The van der Waals surface area contributed by atoms with Crippen LogP contribution in [0.4, 0.5) is 10.5 Å². The molecule has 0 saturated heterocycles. The summed E-state index contributed by atoms with van der Waals surface area (Å²) in [6.45, 7) is 9.48. The van der Waals surface area contributed by atoms with Crippen LogP contribution in [0.5, 0.6) is 0 Å². The molecule has 380 valence electrons. The minimum atomic E-state index is -4.48. The Morgan fingerprint density at radius 3 is 1.20 bits per heavy atom. The molecule has 3 aromatic heterocycles. The van der Waals surface area contributed by atoms with Crippen LogP contribution in [0.15, 0.2) is 131 Å². The van der Waals surface area contributed by atoms with Crippen molar-refractivity contribution in [1.82, 2.24) is 25.3 Å². The van der Waals surface area contributed by atoms with E-state index in [4.69, 9.17) is 23.2 Å². The van der Waals surface area contributed by atoms with Crippen molar-refractivity contribution >= 4 is 87.1 Å². The molecule has 9 rings (SSSR count). The molecular formula is C55H54N6O10S2Si. The Balaban J connectivity index is 1.21. The number of carbonyl (C=O) groups is 1. The monoisotopic (exact) mass is 1050 g/mol. The standard InChI is InChI=1S/C55H54N6O10S2Si/c1-5-69-74(70-6-2,71-7-3)34-8-33-56-55(62)57-40-19-13-37(14-20-40)52-45-27-31-49(60-45)53(38-15-21-41(22-16-38)72(63,64)65)47-29-25-43(58-47)51(36-11-9-35(4)10-12-36)44-26-30-48(59-44)54(50-32-28-46(52)61-50)39-17-23-42(24-18-39)73(66,67)68/h9-32,58,61H,5-8,33-34H2,1-4H3,(H2,56,57,62)(H,63,64,65)(H,66,67,68). The third-order valence-electron chi connectivity index (χ3n) is 12.4. The Labute approximate surface area is 430 Å². The summed E-state index contributed by atoms with van der Waals surface area (Å²) in [7, 11) is -11.8. The Kier molecular flexibility index (Phi) is 15.1. The van der Waals surface area contributed by atoms with Gasteiger partial charge in [-0.15, -0.1) is 0 Å². The number of benzene rings is 4. The molecule has 19 heteroatoms. The minimum Gasteiger partial charge on any atom is -0.374 e. The number of anilines is 1. The van der Waals surface area contributed by atoms with Gasteiger partial charge in [0.25, 0.3) is 20.2 Å². The molecule has 0 saturated carbocycles. The first-order chi connectivity index (χ1) is 35.6. The van der Waals surface area contributed by atoms with E-state index in [0.717, 1.165) is 27.8 Å². The van der Waals surface area contributed by atoms with Gasteiger partial charge in [-0.3, -0.25) is 9.11 Å². The minimum absolute atomic E-state index is 0.254. The molecule has 0 atom stereocenters. The maximum Gasteiger partial charge on any atom is 0.500 e. The Morgan fingerprint density at radius 2 is 0.865 bits per heavy atom. The van der Waals surface area contributed by atoms with Crippen LogP contribution in [0.25, 0.3) is 90.9 Å². The van der Waals surface area contributed by atoms with E-state index in [1.165, 1.54) is 24.3 Å². The van der Waals surface area contributed by atoms with Gasteiger partial charge in [0, 0.05) is 82.4 Å². The average Bonchev–Trinajstić information content (AvgIpc) is 4.23. The summed E-state index contributed by atoms with van der Waals surface area (Å²) in [6.07, 6.45) is 8.20. The fourth-order valence-corrected chi connectivity index (χ4v) is 12.7. The topological polar surface area (TPSA) is 235 Å². The molecule has 2 aliphatic heterocycles. The van der Waals surface area contributed by atoms with Gasteiger partial charge in [-0.25, -0.2) is 14.8 Å². The van der Waals surface area contributed by atoms with Crippen molar-refractivity contribution in [3.8, 4) is 44.5 Å². The number of amides is 2. The number of nitrogens with zero attached hydrogens (tertiary/aromatic N) is 2. The summed E-state index contributed by atoms with van der Waals surface area (Å²) >= 11 is 0. The zero-order chi connectivity index (χ0) is 52.2. The fourth-order valence-electron chi connectivity index (χ4n) is 9.13. The molecule has 74 heavy (non-hydrogen) atoms. The molecule has 0 aliphatic carbocycles. The number of H-pyrrole nitrogens is 2. The van der Waals surface area contributed by atoms with Gasteiger partial charge in [0.15, 0.2) is 0 Å². The van der Waals surface area contributed by atoms with Crippen LogP contribution < -0.4 is 10.6 Å². The van der Waals surface area contributed by atoms with E-state index in [-0.39, 0.29) is 15.8 Å². The van der Waals surface area contributed by atoms with E-state index < -0.39 is 29.0 Å². The number of aromatic amines is 2. The molecule has 8 bridgehead atoms. The van der Waals surface area contributed by atoms with Gasteiger partial charge in [-0.2, -0.15) is 16.8 Å². The molecule has 4 aromatic carbocycles. The Hall–Kier alpha value is -7.33. The average molecular weight is 1050 g/mol. The molecule has 7 aromatic rings. The number of urea groups is 1. The molecule has 5 heterocycles. The second-order valence-corrected chi connectivity index (χ2v) is 23.0.